The largest absolute Gasteiger partial charge is 0.357 e. The molecule has 1 aliphatic rings. The molecule has 7 heteroatoms. The number of imidazole rings is 1. The van der Waals surface area contributed by atoms with Crippen molar-refractivity contribution in [1.82, 2.24) is 19.8 Å². The van der Waals surface area contributed by atoms with Crippen LogP contribution in [0, 0.1) is 5.41 Å². The van der Waals surface area contributed by atoms with Crippen molar-refractivity contribution in [2.75, 3.05) is 19.6 Å². The first-order valence-electron chi connectivity index (χ1n) is 8.82. The van der Waals surface area contributed by atoms with E-state index >= 15 is 0 Å². The molecule has 136 valence electrons. The Balaban J connectivity index is 2.11. The monoisotopic (exact) mass is 341 g/mol. The summed E-state index contributed by atoms with van der Waals surface area (Å²) in [6, 6.07) is 0. The van der Waals surface area contributed by atoms with E-state index in [9.17, 15) is 8.78 Å². The molecule has 1 N–H and O–H groups in total. The molecule has 0 aromatic carbocycles. The molecule has 1 aliphatic heterocycles. The van der Waals surface area contributed by atoms with Crippen LogP contribution in [-0.2, 0) is 6.54 Å². The number of piperidine rings is 1. The van der Waals surface area contributed by atoms with Gasteiger partial charge in [-0.25, -0.2) is 9.98 Å². The zero-order valence-electron chi connectivity index (χ0n) is 14.9. The van der Waals surface area contributed by atoms with Crippen molar-refractivity contribution in [2.45, 2.75) is 59.5 Å². The number of aromatic nitrogens is 2. The number of halogens is 2. The van der Waals surface area contributed by atoms with Crippen molar-refractivity contribution in [3.63, 3.8) is 0 Å². The molecule has 0 bridgehead atoms. The molecule has 1 aromatic heterocycles. The molecular formula is C17H29F2N5. The second kappa shape index (κ2) is 8.44. The highest BCUT2D eigenvalue weighted by atomic mass is 19.3. The summed E-state index contributed by atoms with van der Waals surface area (Å²) in [6.45, 7) is 6.80. The van der Waals surface area contributed by atoms with Crippen LogP contribution in [-0.4, -0.2) is 40.0 Å². The van der Waals surface area contributed by atoms with Gasteiger partial charge in [0.25, 0.3) is 0 Å². The van der Waals surface area contributed by atoms with Crippen molar-refractivity contribution in [3.05, 3.63) is 18.2 Å². The zero-order valence-corrected chi connectivity index (χ0v) is 14.9. The van der Waals surface area contributed by atoms with E-state index in [1.807, 2.05) is 6.92 Å². The van der Waals surface area contributed by atoms with E-state index in [1.165, 1.54) is 31.7 Å². The van der Waals surface area contributed by atoms with E-state index in [4.69, 9.17) is 0 Å². The second-order valence-corrected chi connectivity index (χ2v) is 6.78. The molecule has 1 saturated heterocycles. The number of hydrogen-bond donors (Lipinski definition) is 1. The van der Waals surface area contributed by atoms with Gasteiger partial charge in [0, 0.05) is 32.0 Å². The molecule has 24 heavy (non-hydrogen) atoms. The van der Waals surface area contributed by atoms with Crippen LogP contribution in [0.25, 0.3) is 0 Å². The lowest BCUT2D eigenvalue weighted by molar-refractivity contribution is 0.0670. The van der Waals surface area contributed by atoms with Gasteiger partial charge in [0.1, 0.15) is 12.4 Å². The van der Waals surface area contributed by atoms with Crippen LogP contribution in [0.1, 0.15) is 58.8 Å². The fourth-order valence-electron chi connectivity index (χ4n) is 3.52. The van der Waals surface area contributed by atoms with E-state index in [0.29, 0.717) is 5.41 Å². The number of nitrogens with one attached hydrogen (secondary N) is 1. The van der Waals surface area contributed by atoms with Crippen molar-refractivity contribution >= 4 is 5.96 Å². The summed E-state index contributed by atoms with van der Waals surface area (Å²) >= 11 is 0. The first-order valence-corrected chi connectivity index (χ1v) is 8.82. The van der Waals surface area contributed by atoms with Crippen LogP contribution in [0.2, 0.25) is 0 Å². The van der Waals surface area contributed by atoms with E-state index in [1.54, 1.807) is 0 Å². The fraction of sp³-hybridized carbons (Fsp3) is 0.765. The first kappa shape index (κ1) is 18.7. The van der Waals surface area contributed by atoms with Gasteiger partial charge in [0.05, 0.1) is 0 Å². The Labute approximate surface area is 143 Å². The van der Waals surface area contributed by atoms with E-state index in [2.05, 4.69) is 34.0 Å². The minimum atomic E-state index is -2.58. The van der Waals surface area contributed by atoms with Crippen LogP contribution in [0.5, 0.6) is 0 Å². The van der Waals surface area contributed by atoms with E-state index in [-0.39, 0.29) is 12.4 Å². The average molecular weight is 341 g/mol. The quantitative estimate of drug-likeness (QED) is 0.635. The molecule has 1 atom stereocenters. The maximum atomic E-state index is 12.9. The third-order valence-corrected chi connectivity index (χ3v) is 4.60. The molecule has 5 nitrogen and oxygen atoms in total. The lowest BCUT2D eigenvalue weighted by atomic mass is 9.78. The van der Waals surface area contributed by atoms with Gasteiger partial charge in [-0.3, -0.25) is 4.57 Å². The highest BCUT2D eigenvalue weighted by Crippen LogP contribution is 2.33. The van der Waals surface area contributed by atoms with Crippen LogP contribution in [0.3, 0.4) is 0 Å². The maximum absolute atomic E-state index is 12.9. The van der Waals surface area contributed by atoms with E-state index < -0.39 is 6.55 Å². The lowest BCUT2D eigenvalue weighted by Gasteiger charge is -2.42. The Morgan fingerprint density at radius 1 is 1.46 bits per heavy atom. The number of alkyl halides is 2. The van der Waals surface area contributed by atoms with Crippen LogP contribution in [0.15, 0.2) is 17.4 Å². The van der Waals surface area contributed by atoms with Crippen molar-refractivity contribution in [2.24, 2.45) is 10.4 Å². The van der Waals surface area contributed by atoms with Gasteiger partial charge >= 0.3 is 6.55 Å². The highest BCUT2D eigenvalue weighted by molar-refractivity contribution is 5.80. The van der Waals surface area contributed by atoms with Gasteiger partial charge in [-0.1, -0.05) is 20.3 Å². The maximum Gasteiger partial charge on any atom is 0.319 e. The van der Waals surface area contributed by atoms with Gasteiger partial charge in [-0.15, -0.1) is 0 Å². The Kier molecular flexibility index (Phi) is 6.57. The molecule has 1 aromatic rings. The smallest absolute Gasteiger partial charge is 0.319 e. The highest BCUT2D eigenvalue weighted by Gasteiger charge is 2.31. The molecule has 1 fully saturated rings. The molecule has 0 radical (unpaired) electrons. The summed E-state index contributed by atoms with van der Waals surface area (Å²) in [6.07, 6.45) is 7.41. The van der Waals surface area contributed by atoms with Crippen LogP contribution >= 0.6 is 0 Å². The zero-order chi connectivity index (χ0) is 17.6. The standard InChI is InChI=1S/C17H29F2N5/c1-4-7-17(3)8-6-10-23(13-17)16(20-5-2)22-12-14-21-9-11-24(14)15(18)19/h9,11,15H,4-8,10,12-13H2,1-3H3,(H,20,22). The number of nitrogens with zero attached hydrogens (tertiary/aromatic N) is 4. The topological polar surface area (TPSA) is 45.5 Å². The average Bonchev–Trinajstić information content (AvgIpc) is 3.00. The van der Waals surface area contributed by atoms with Crippen LogP contribution < -0.4 is 5.32 Å². The molecule has 0 saturated carbocycles. The predicted octanol–water partition coefficient (Wildman–Crippen LogP) is 3.65. The van der Waals surface area contributed by atoms with Gasteiger partial charge in [0.2, 0.25) is 0 Å². The number of rotatable bonds is 6. The predicted molar refractivity (Wildman–Crippen MR) is 92.1 cm³/mol. The number of likely N-dealkylation sites (tertiary alicyclic amines) is 1. The first-order chi connectivity index (χ1) is 11.5. The Bertz CT molecular complexity index is 539. The minimum Gasteiger partial charge on any atom is -0.357 e. The van der Waals surface area contributed by atoms with Gasteiger partial charge in [0.15, 0.2) is 5.96 Å². The molecule has 2 heterocycles. The normalized spacial score (nSPS) is 22.2. The Hall–Kier alpha value is -1.66. The van der Waals surface area contributed by atoms with Crippen molar-refractivity contribution in [1.29, 1.82) is 0 Å². The van der Waals surface area contributed by atoms with Gasteiger partial charge in [-0.2, -0.15) is 8.78 Å². The SMILES string of the molecule is CCCC1(C)CCCN(C(=NCc2nccn2C(F)F)NCC)C1. The molecule has 0 spiro atoms. The summed E-state index contributed by atoms with van der Waals surface area (Å²) in [5.41, 5.74) is 0.296. The Morgan fingerprint density at radius 3 is 2.92 bits per heavy atom. The number of guanidine groups is 1. The fourth-order valence-corrected chi connectivity index (χ4v) is 3.52. The molecule has 1 unspecified atom stereocenters. The van der Waals surface area contributed by atoms with E-state index in [0.717, 1.165) is 36.6 Å². The Morgan fingerprint density at radius 2 is 2.25 bits per heavy atom. The third-order valence-electron chi connectivity index (χ3n) is 4.60. The summed E-state index contributed by atoms with van der Waals surface area (Å²) in [5, 5.41) is 3.29. The lowest BCUT2D eigenvalue weighted by Crippen LogP contribution is -2.49. The summed E-state index contributed by atoms with van der Waals surface area (Å²) in [5.74, 6) is 1.08. The summed E-state index contributed by atoms with van der Waals surface area (Å²) in [7, 11) is 0. The molecule has 2 rings (SSSR count). The number of hydrogen-bond acceptors (Lipinski definition) is 2. The number of aliphatic imine (C=N–C) groups is 1. The molecule has 0 aliphatic carbocycles. The molecular weight excluding hydrogens is 312 g/mol. The van der Waals surface area contributed by atoms with Crippen molar-refractivity contribution < 1.29 is 8.78 Å². The third kappa shape index (κ3) is 4.68. The summed E-state index contributed by atoms with van der Waals surface area (Å²) in [4.78, 5) is 10.8. The second-order valence-electron chi connectivity index (χ2n) is 6.78. The minimum absolute atomic E-state index is 0.153. The summed E-state index contributed by atoms with van der Waals surface area (Å²) < 4.78 is 26.7. The van der Waals surface area contributed by atoms with Gasteiger partial charge < -0.3 is 10.2 Å². The van der Waals surface area contributed by atoms with Crippen LogP contribution in [0.4, 0.5) is 8.78 Å². The van der Waals surface area contributed by atoms with Crippen molar-refractivity contribution in [3.8, 4) is 0 Å². The molecule has 0 amide bonds. The van der Waals surface area contributed by atoms with Gasteiger partial charge in [-0.05, 0) is 31.6 Å².